The molecule has 2 aromatic heterocycles. The number of aromatic nitrogens is 4. The Bertz CT molecular complexity index is 457. The van der Waals surface area contributed by atoms with Crippen LogP contribution in [0.3, 0.4) is 0 Å². The predicted octanol–water partition coefficient (Wildman–Crippen LogP) is 0.457. The Morgan fingerprint density at radius 3 is 2.89 bits per heavy atom. The van der Waals surface area contributed by atoms with Gasteiger partial charge < -0.3 is 14.6 Å². The van der Waals surface area contributed by atoms with Crippen molar-refractivity contribution < 1.29 is 4.74 Å². The maximum Gasteiger partial charge on any atom is 0.147 e. The van der Waals surface area contributed by atoms with Crippen molar-refractivity contribution in [2.75, 3.05) is 20.3 Å². The van der Waals surface area contributed by atoms with Crippen LogP contribution in [0.2, 0.25) is 0 Å². The van der Waals surface area contributed by atoms with Crippen LogP contribution in [-0.2, 0) is 17.8 Å². The Balaban J connectivity index is 1.83. The highest BCUT2D eigenvalue weighted by molar-refractivity contribution is 4.99. The lowest BCUT2D eigenvalue weighted by Gasteiger charge is -2.01. The van der Waals surface area contributed by atoms with E-state index in [-0.39, 0.29) is 0 Å². The van der Waals surface area contributed by atoms with Crippen molar-refractivity contribution in [1.29, 1.82) is 0 Å². The Hall–Kier alpha value is -1.79. The highest BCUT2D eigenvalue weighted by Crippen LogP contribution is 1.99. The average Bonchev–Trinajstić information content (AvgIpc) is 2.84. The number of imidazole rings is 1. The Morgan fingerprint density at radius 1 is 1.28 bits per heavy atom. The van der Waals surface area contributed by atoms with Crippen LogP contribution < -0.4 is 5.32 Å². The molecule has 18 heavy (non-hydrogen) atoms. The third-order valence-corrected chi connectivity index (χ3v) is 2.42. The van der Waals surface area contributed by atoms with Gasteiger partial charge in [0, 0.05) is 38.8 Å². The molecule has 0 aliphatic rings. The zero-order chi connectivity index (χ0) is 12.6. The molecule has 0 saturated carbocycles. The van der Waals surface area contributed by atoms with E-state index >= 15 is 0 Å². The van der Waals surface area contributed by atoms with Gasteiger partial charge in [0.25, 0.3) is 0 Å². The maximum absolute atomic E-state index is 4.96. The molecule has 6 nitrogen and oxygen atoms in total. The van der Waals surface area contributed by atoms with Gasteiger partial charge in [0.1, 0.15) is 5.82 Å². The summed E-state index contributed by atoms with van der Waals surface area (Å²) in [5, 5.41) is 3.25. The van der Waals surface area contributed by atoms with E-state index in [0.717, 1.165) is 24.6 Å². The van der Waals surface area contributed by atoms with E-state index in [1.807, 2.05) is 16.8 Å². The van der Waals surface area contributed by atoms with E-state index in [1.165, 1.54) is 0 Å². The number of hydrogen-bond donors (Lipinski definition) is 1. The molecule has 0 bridgehead atoms. The fourth-order valence-corrected chi connectivity index (χ4v) is 1.55. The van der Waals surface area contributed by atoms with Gasteiger partial charge in [-0.25, -0.2) is 15.0 Å². The van der Waals surface area contributed by atoms with Gasteiger partial charge in [-0.1, -0.05) is 0 Å². The molecule has 0 amide bonds. The molecular weight excluding hydrogens is 230 g/mol. The van der Waals surface area contributed by atoms with Crippen molar-refractivity contribution in [3.63, 3.8) is 0 Å². The van der Waals surface area contributed by atoms with Crippen LogP contribution in [-0.4, -0.2) is 39.8 Å². The number of hydrogen-bond acceptors (Lipinski definition) is 5. The van der Waals surface area contributed by atoms with Crippen molar-refractivity contribution in [3.05, 3.63) is 42.5 Å². The largest absolute Gasteiger partial charge is 0.383 e. The minimum atomic E-state index is 0.645. The van der Waals surface area contributed by atoms with Crippen molar-refractivity contribution in [2.24, 2.45) is 0 Å². The molecule has 2 aromatic rings. The van der Waals surface area contributed by atoms with Crippen LogP contribution >= 0.6 is 0 Å². The fourth-order valence-electron chi connectivity index (χ4n) is 1.55. The van der Waals surface area contributed by atoms with Gasteiger partial charge in [-0.15, -0.1) is 0 Å². The number of rotatable bonds is 7. The van der Waals surface area contributed by atoms with Crippen LogP contribution in [0.4, 0.5) is 0 Å². The number of ether oxygens (including phenoxy) is 1. The smallest absolute Gasteiger partial charge is 0.147 e. The van der Waals surface area contributed by atoms with Crippen LogP contribution in [0.1, 0.15) is 11.5 Å². The van der Waals surface area contributed by atoms with E-state index in [4.69, 9.17) is 4.74 Å². The van der Waals surface area contributed by atoms with E-state index in [1.54, 1.807) is 25.8 Å². The summed E-state index contributed by atoms with van der Waals surface area (Å²) < 4.78 is 6.93. The summed E-state index contributed by atoms with van der Waals surface area (Å²) in [5.74, 6) is 0.786. The maximum atomic E-state index is 4.96. The molecule has 0 radical (unpaired) electrons. The third-order valence-electron chi connectivity index (χ3n) is 2.42. The number of nitrogens with one attached hydrogen (secondary N) is 1. The minimum Gasteiger partial charge on any atom is -0.383 e. The second-order valence-electron chi connectivity index (χ2n) is 3.87. The van der Waals surface area contributed by atoms with E-state index in [2.05, 4.69) is 20.3 Å². The summed E-state index contributed by atoms with van der Waals surface area (Å²) in [5.41, 5.74) is 1.00. The summed E-state index contributed by atoms with van der Waals surface area (Å²) in [6, 6.07) is 1.81. The van der Waals surface area contributed by atoms with E-state index in [9.17, 15) is 0 Å². The van der Waals surface area contributed by atoms with E-state index < -0.39 is 0 Å². The SMILES string of the molecule is COCCNCc1cn(Cc2ncccn2)cn1. The second kappa shape index (κ2) is 6.83. The summed E-state index contributed by atoms with van der Waals surface area (Å²) in [6.07, 6.45) is 7.28. The zero-order valence-corrected chi connectivity index (χ0v) is 10.4. The van der Waals surface area contributed by atoms with Crippen LogP contribution in [0.25, 0.3) is 0 Å². The molecular formula is C12H17N5O. The van der Waals surface area contributed by atoms with Crippen molar-refractivity contribution in [2.45, 2.75) is 13.1 Å². The topological polar surface area (TPSA) is 64.9 Å². The highest BCUT2D eigenvalue weighted by atomic mass is 16.5. The summed E-state index contributed by atoms with van der Waals surface area (Å²) >= 11 is 0. The lowest BCUT2D eigenvalue weighted by Crippen LogP contribution is -2.18. The first-order valence-electron chi connectivity index (χ1n) is 5.84. The molecule has 2 rings (SSSR count). The fraction of sp³-hybridized carbons (Fsp3) is 0.417. The Morgan fingerprint density at radius 2 is 2.11 bits per heavy atom. The second-order valence-corrected chi connectivity index (χ2v) is 3.87. The van der Waals surface area contributed by atoms with Gasteiger partial charge in [-0.05, 0) is 6.07 Å². The quantitative estimate of drug-likeness (QED) is 0.720. The molecule has 0 spiro atoms. The lowest BCUT2D eigenvalue weighted by molar-refractivity contribution is 0.199. The van der Waals surface area contributed by atoms with Gasteiger partial charge in [0.2, 0.25) is 0 Å². The number of nitrogens with zero attached hydrogens (tertiary/aromatic N) is 4. The first kappa shape index (κ1) is 12.7. The van der Waals surface area contributed by atoms with Crippen molar-refractivity contribution in [3.8, 4) is 0 Å². The first-order chi connectivity index (χ1) is 8.88. The van der Waals surface area contributed by atoms with Gasteiger partial charge in [-0.3, -0.25) is 0 Å². The van der Waals surface area contributed by atoms with Crippen LogP contribution in [0.15, 0.2) is 31.0 Å². The van der Waals surface area contributed by atoms with Crippen LogP contribution in [0.5, 0.6) is 0 Å². The van der Waals surface area contributed by atoms with Gasteiger partial charge in [-0.2, -0.15) is 0 Å². The molecule has 0 aromatic carbocycles. The summed E-state index contributed by atoms with van der Waals surface area (Å²) in [6.45, 7) is 2.92. The van der Waals surface area contributed by atoms with Crippen LogP contribution in [0, 0.1) is 0 Å². The highest BCUT2D eigenvalue weighted by Gasteiger charge is 2.00. The monoisotopic (exact) mass is 247 g/mol. The Kier molecular flexibility index (Phi) is 4.80. The molecule has 0 aliphatic carbocycles. The molecule has 96 valence electrons. The number of methoxy groups -OCH3 is 1. The minimum absolute atomic E-state index is 0.645. The summed E-state index contributed by atoms with van der Waals surface area (Å²) in [7, 11) is 1.69. The standard InChI is InChI=1S/C12H17N5O/c1-18-6-5-13-7-11-8-17(10-16-11)9-12-14-3-2-4-15-12/h2-4,8,10,13H,5-7,9H2,1H3. The molecule has 0 atom stereocenters. The molecule has 0 aliphatic heterocycles. The molecule has 0 unspecified atom stereocenters. The van der Waals surface area contributed by atoms with Gasteiger partial charge in [0.05, 0.1) is 25.2 Å². The zero-order valence-electron chi connectivity index (χ0n) is 10.4. The molecule has 0 fully saturated rings. The summed E-state index contributed by atoms with van der Waals surface area (Å²) in [4.78, 5) is 12.7. The molecule has 6 heteroatoms. The molecule has 0 saturated heterocycles. The lowest BCUT2D eigenvalue weighted by atomic mass is 10.4. The average molecular weight is 247 g/mol. The van der Waals surface area contributed by atoms with Crippen molar-refractivity contribution in [1.82, 2.24) is 24.8 Å². The Labute approximate surface area is 106 Å². The third kappa shape index (κ3) is 3.90. The van der Waals surface area contributed by atoms with Crippen molar-refractivity contribution >= 4 is 0 Å². The van der Waals surface area contributed by atoms with Gasteiger partial charge in [0.15, 0.2) is 0 Å². The first-order valence-corrected chi connectivity index (χ1v) is 5.84. The molecule has 1 N–H and O–H groups in total. The van der Waals surface area contributed by atoms with E-state index in [0.29, 0.717) is 13.2 Å². The normalized spacial score (nSPS) is 10.7. The van der Waals surface area contributed by atoms with Gasteiger partial charge >= 0.3 is 0 Å². The predicted molar refractivity (Wildman–Crippen MR) is 66.9 cm³/mol. The molecule has 2 heterocycles.